The maximum absolute atomic E-state index is 12.5. The van der Waals surface area contributed by atoms with E-state index < -0.39 is 0 Å². The van der Waals surface area contributed by atoms with E-state index in [-0.39, 0.29) is 23.8 Å². The van der Waals surface area contributed by atoms with Crippen molar-refractivity contribution in [1.29, 1.82) is 0 Å². The van der Waals surface area contributed by atoms with Gasteiger partial charge >= 0.3 is 0 Å². The lowest BCUT2D eigenvalue weighted by Gasteiger charge is -2.35. The van der Waals surface area contributed by atoms with E-state index in [1.54, 1.807) is 0 Å². The minimum Gasteiger partial charge on any atom is -0.378 e. The van der Waals surface area contributed by atoms with Gasteiger partial charge in [0.25, 0.3) is 0 Å². The molecule has 0 radical (unpaired) electrons. The molecule has 0 aliphatic carbocycles. The van der Waals surface area contributed by atoms with E-state index in [0.29, 0.717) is 19.6 Å². The first-order valence-corrected chi connectivity index (χ1v) is 8.62. The standard InChI is InChI=1S/C16H27N3O3/c20-15(10-14-12-22-9-5-17-14)19-8-3-4-13(11-19)16(21)18-6-1-2-7-18/h13-14,17H,1-12H2. The first-order chi connectivity index (χ1) is 10.7. The van der Waals surface area contributed by atoms with Gasteiger partial charge in [-0.05, 0) is 25.7 Å². The van der Waals surface area contributed by atoms with E-state index in [1.807, 2.05) is 9.80 Å². The molecule has 0 aromatic heterocycles. The Morgan fingerprint density at radius 1 is 1.09 bits per heavy atom. The van der Waals surface area contributed by atoms with Gasteiger partial charge in [-0.2, -0.15) is 0 Å². The molecular weight excluding hydrogens is 282 g/mol. The number of nitrogens with zero attached hydrogens (tertiary/aromatic N) is 2. The summed E-state index contributed by atoms with van der Waals surface area (Å²) < 4.78 is 5.40. The number of hydrogen-bond donors (Lipinski definition) is 1. The maximum Gasteiger partial charge on any atom is 0.227 e. The highest BCUT2D eigenvalue weighted by Crippen LogP contribution is 2.22. The van der Waals surface area contributed by atoms with Crippen LogP contribution in [0.15, 0.2) is 0 Å². The van der Waals surface area contributed by atoms with Crippen LogP contribution in [0.2, 0.25) is 0 Å². The molecule has 3 saturated heterocycles. The van der Waals surface area contributed by atoms with Gasteiger partial charge < -0.3 is 19.9 Å². The fraction of sp³-hybridized carbons (Fsp3) is 0.875. The van der Waals surface area contributed by atoms with Crippen LogP contribution >= 0.6 is 0 Å². The normalized spacial score (nSPS) is 29.6. The topological polar surface area (TPSA) is 61.9 Å². The van der Waals surface area contributed by atoms with Crippen molar-refractivity contribution >= 4 is 11.8 Å². The Morgan fingerprint density at radius 2 is 1.86 bits per heavy atom. The van der Waals surface area contributed by atoms with Crippen molar-refractivity contribution in [3.8, 4) is 0 Å². The lowest BCUT2D eigenvalue weighted by atomic mass is 9.96. The van der Waals surface area contributed by atoms with Crippen LogP contribution in [0.25, 0.3) is 0 Å². The molecule has 0 aromatic rings. The van der Waals surface area contributed by atoms with Crippen LogP contribution in [0.1, 0.15) is 32.1 Å². The zero-order chi connectivity index (χ0) is 15.4. The molecule has 3 rings (SSSR count). The van der Waals surface area contributed by atoms with Crippen LogP contribution in [0.3, 0.4) is 0 Å². The molecule has 0 aromatic carbocycles. The number of carbonyl (C=O) groups is 2. The average Bonchev–Trinajstić information content (AvgIpc) is 3.09. The quantitative estimate of drug-likeness (QED) is 0.810. The minimum absolute atomic E-state index is 0.00589. The van der Waals surface area contributed by atoms with E-state index in [1.165, 1.54) is 0 Å². The summed E-state index contributed by atoms with van der Waals surface area (Å²) in [5.74, 6) is 0.419. The van der Waals surface area contributed by atoms with E-state index in [2.05, 4.69) is 5.32 Å². The van der Waals surface area contributed by atoms with Crippen LogP contribution in [0.4, 0.5) is 0 Å². The molecule has 3 aliphatic rings. The third kappa shape index (κ3) is 3.79. The van der Waals surface area contributed by atoms with Crippen LogP contribution in [0, 0.1) is 5.92 Å². The molecule has 0 bridgehead atoms. The molecule has 6 heteroatoms. The number of ether oxygens (including phenoxy) is 1. The van der Waals surface area contributed by atoms with Crippen molar-refractivity contribution < 1.29 is 14.3 Å². The number of rotatable bonds is 3. The van der Waals surface area contributed by atoms with E-state index in [4.69, 9.17) is 4.74 Å². The molecule has 2 amide bonds. The number of likely N-dealkylation sites (tertiary alicyclic amines) is 2. The third-order valence-corrected chi connectivity index (χ3v) is 4.96. The summed E-state index contributed by atoms with van der Waals surface area (Å²) in [4.78, 5) is 28.8. The summed E-state index contributed by atoms with van der Waals surface area (Å²) in [5.41, 5.74) is 0. The van der Waals surface area contributed by atoms with Gasteiger partial charge in [-0.15, -0.1) is 0 Å². The molecule has 2 atom stereocenters. The summed E-state index contributed by atoms with van der Waals surface area (Å²) in [7, 11) is 0. The van der Waals surface area contributed by atoms with Crippen molar-refractivity contribution in [3.63, 3.8) is 0 Å². The molecule has 2 unspecified atom stereocenters. The molecule has 6 nitrogen and oxygen atoms in total. The Kier molecular flexibility index (Phi) is 5.31. The second kappa shape index (κ2) is 7.42. The molecule has 22 heavy (non-hydrogen) atoms. The Bertz CT molecular complexity index is 403. The molecule has 1 N–H and O–H groups in total. The van der Waals surface area contributed by atoms with Gasteiger partial charge in [0.2, 0.25) is 11.8 Å². The first-order valence-electron chi connectivity index (χ1n) is 8.62. The van der Waals surface area contributed by atoms with Crippen LogP contribution in [0.5, 0.6) is 0 Å². The second-order valence-electron chi connectivity index (χ2n) is 6.64. The highest BCUT2D eigenvalue weighted by molar-refractivity contribution is 5.81. The van der Waals surface area contributed by atoms with E-state index >= 15 is 0 Å². The average molecular weight is 309 g/mol. The van der Waals surface area contributed by atoms with Gasteiger partial charge in [-0.1, -0.05) is 0 Å². The van der Waals surface area contributed by atoms with Crippen LogP contribution in [-0.2, 0) is 14.3 Å². The highest BCUT2D eigenvalue weighted by Gasteiger charge is 2.32. The lowest BCUT2D eigenvalue weighted by Crippen LogP contribution is -2.49. The Hall–Kier alpha value is -1.14. The van der Waals surface area contributed by atoms with E-state index in [0.717, 1.165) is 58.5 Å². The third-order valence-electron chi connectivity index (χ3n) is 4.96. The summed E-state index contributed by atoms with van der Waals surface area (Å²) in [6.45, 7) is 5.32. The van der Waals surface area contributed by atoms with Gasteiger partial charge in [-0.25, -0.2) is 0 Å². The van der Waals surface area contributed by atoms with Gasteiger partial charge in [0, 0.05) is 45.2 Å². The Morgan fingerprint density at radius 3 is 2.59 bits per heavy atom. The molecule has 3 aliphatic heterocycles. The fourth-order valence-corrected chi connectivity index (χ4v) is 3.69. The zero-order valence-corrected chi connectivity index (χ0v) is 13.3. The highest BCUT2D eigenvalue weighted by atomic mass is 16.5. The molecule has 0 saturated carbocycles. The number of hydrogen-bond acceptors (Lipinski definition) is 4. The van der Waals surface area contributed by atoms with Gasteiger partial charge in [0.05, 0.1) is 19.1 Å². The molecule has 3 heterocycles. The maximum atomic E-state index is 12.5. The van der Waals surface area contributed by atoms with Gasteiger partial charge in [0.15, 0.2) is 0 Å². The Balaban J connectivity index is 1.50. The van der Waals surface area contributed by atoms with Gasteiger partial charge in [0.1, 0.15) is 0 Å². The van der Waals surface area contributed by atoms with Crippen molar-refractivity contribution in [2.45, 2.75) is 38.1 Å². The van der Waals surface area contributed by atoms with E-state index in [9.17, 15) is 9.59 Å². The summed E-state index contributed by atoms with van der Waals surface area (Å²) >= 11 is 0. The smallest absolute Gasteiger partial charge is 0.227 e. The predicted octanol–water partition coefficient (Wildman–Crippen LogP) is 0.226. The molecular formula is C16H27N3O3. The fourth-order valence-electron chi connectivity index (χ4n) is 3.69. The largest absolute Gasteiger partial charge is 0.378 e. The predicted molar refractivity (Wildman–Crippen MR) is 82.3 cm³/mol. The summed E-state index contributed by atoms with van der Waals surface area (Å²) in [6.07, 6.45) is 4.57. The summed E-state index contributed by atoms with van der Waals surface area (Å²) in [6, 6.07) is 0.121. The zero-order valence-electron chi connectivity index (χ0n) is 13.3. The molecule has 3 fully saturated rings. The number of nitrogens with one attached hydrogen (secondary N) is 1. The van der Waals surface area contributed by atoms with Crippen molar-refractivity contribution in [2.75, 3.05) is 45.9 Å². The molecule has 0 spiro atoms. The SMILES string of the molecule is O=C(CC1COCCN1)N1CCCC(C(=O)N2CCCC2)C1. The van der Waals surface area contributed by atoms with Crippen molar-refractivity contribution in [3.05, 3.63) is 0 Å². The molecule has 124 valence electrons. The number of morpholine rings is 1. The first kappa shape index (κ1) is 15.7. The minimum atomic E-state index is 0.00589. The number of carbonyl (C=O) groups excluding carboxylic acids is 2. The van der Waals surface area contributed by atoms with Gasteiger partial charge in [-0.3, -0.25) is 9.59 Å². The van der Waals surface area contributed by atoms with Crippen molar-refractivity contribution in [1.82, 2.24) is 15.1 Å². The Labute approximate surface area is 132 Å². The lowest BCUT2D eigenvalue weighted by molar-refractivity contribution is -0.140. The van der Waals surface area contributed by atoms with Crippen molar-refractivity contribution in [2.24, 2.45) is 5.92 Å². The number of piperidine rings is 1. The second-order valence-corrected chi connectivity index (χ2v) is 6.64. The van der Waals surface area contributed by atoms with Crippen LogP contribution < -0.4 is 5.32 Å². The van der Waals surface area contributed by atoms with Crippen LogP contribution in [-0.4, -0.2) is 73.6 Å². The monoisotopic (exact) mass is 309 g/mol. The number of amides is 2. The summed E-state index contributed by atoms with van der Waals surface area (Å²) in [5, 5.41) is 3.32.